The van der Waals surface area contributed by atoms with E-state index in [-0.39, 0.29) is 18.1 Å². The molecule has 0 spiro atoms. The molecule has 0 aliphatic rings. The van der Waals surface area contributed by atoms with Crippen molar-refractivity contribution in [3.8, 4) is 0 Å². The first-order chi connectivity index (χ1) is 6.01. The molecule has 0 fully saturated rings. The summed E-state index contributed by atoms with van der Waals surface area (Å²) in [6.45, 7) is -0.905. The van der Waals surface area contributed by atoms with Crippen LogP contribution in [-0.2, 0) is 27.6 Å². The molecule has 4 nitrogen and oxygen atoms in total. The second kappa shape index (κ2) is 3.89. The van der Waals surface area contributed by atoms with Crippen LogP contribution >= 0.6 is 0 Å². The Labute approximate surface area is 75.4 Å². The van der Waals surface area contributed by atoms with Crippen LogP contribution in [0.4, 0.5) is 4.39 Å². The minimum atomic E-state index is -3.47. The maximum absolute atomic E-state index is 12.0. The molecule has 0 radical (unpaired) electrons. The molecule has 1 aromatic heterocycles. The van der Waals surface area contributed by atoms with Gasteiger partial charge in [-0.1, -0.05) is 0 Å². The summed E-state index contributed by atoms with van der Waals surface area (Å²) in [4.78, 5) is 0. The monoisotopic (exact) mass is 208 g/mol. The van der Waals surface area contributed by atoms with Gasteiger partial charge in [0.15, 0.2) is 0 Å². The molecule has 0 atom stereocenters. The normalized spacial score (nSPS) is 11.8. The number of alkyl halides is 1. The summed E-state index contributed by atoms with van der Waals surface area (Å²) in [7, 11) is -3.47. The van der Waals surface area contributed by atoms with Crippen molar-refractivity contribution < 1.29 is 21.4 Å². The fraction of sp³-hybridized carbons (Fsp3) is 0.429. The van der Waals surface area contributed by atoms with Crippen molar-refractivity contribution in [3.05, 3.63) is 23.7 Å². The maximum atomic E-state index is 12.0. The Hall–Kier alpha value is -0.880. The Balaban J connectivity index is 2.55. The summed E-state index contributed by atoms with van der Waals surface area (Å²) >= 11 is 0. The minimum Gasteiger partial charge on any atom is -0.461 e. The maximum Gasteiger partial charge on any atom is 0.264 e. The highest BCUT2D eigenvalue weighted by atomic mass is 32.2. The van der Waals surface area contributed by atoms with E-state index < -0.39 is 16.8 Å². The SMILES string of the molecule is CS(=O)(=O)OCc1ccc(CF)o1. The van der Waals surface area contributed by atoms with Crippen LogP contribution in [0.2, 0.25) is 0 Å². The van der Waals surface area contributed by atoms with Crippen LogP contribution in [0.5, 0.6) is 0 Å². The van der Waals surface area contributed by atoms with Crippen LogP contribution in [0.1, 0.15) is 11.5 Å². The Bertz CT molecular complexity index is 368. The van der Waals surface area contributed by atoms with Gasteiger partial charge in [0, 0.05) is 0 Å². The lowest BCUT2D eigenvalue weighted by atomic mass is 10.4. The van der Waals surface area contributed by atoms with Crippen molar-refractivity contribution in [2.24, 2.45) is 0 Å². The van der Waals surface area contributed by atoms with Crippen molar-refractivity contribution in [2.45, 2.75) is 13.3 Å². The van der Waals surface area contributed by atoms with Crippen LogP contribution in [0.3, 0.4) is 0 Å². The summed E-state index contributed by atoms with van der Waals surface area (Å²) in [5.74, 6) is 0.449. The van der Waals surface area contributed by atoms with Crippen molar-refractivity contribution in [1.29, 1.82) is 0 Å². The molecule has 0 saturated heterocycles. The zero-order chi connectivity index (χ0) is 9.90. The zero-order valence-electron chi connectivity index (χ0n) is 6.99. The topological polar surface area (TPSA) is 56.5 Å². The van der Waals surface area contributed by atoms with E-state index >= 15 is 0 Å². The third-order valence-corrected chi connectivity index (χ3v) is 1.81. The van der Waals surface area contributed by atoms with Gasteiger partial charge in [-0.2, -0.15) is 8.42 Å². The first kappa shape index (κ1) is 10.2. The standard InChI is InChI=1S/C7H9FO4S/c1-13(9,10)11-5-7-3-2-6(4-8)12-7/h2-3H,4-5H2,1H3. The summed E-state index contributed by atoms with van der Waals surface area (Å²) in [5.41, 5.74) is 0. The van der Waals surface area contributed by atoms with Gasteiger partial charge >= 0.3 is 0 Å². The van der Waals surface area contributed by atoms with Gasteiger partial charge in [-0.3, -0.25) is 4.18 Å². The van der Waals surface area contributed by atoms with Gasteiger partial charge in [0.1, 0.15) is 24.8 Å². The van der Waals surface area contributed by atoms with E-state index in [1.165, 1.54) is 12.1 Å². The molecule has 74 valence electrons. The Kier molecular flexibility index (Phi) is 3.05. The molecule has 6 heteroatoms. The van der Waals surface area contributed by atoms with Crippen molar-refractivity contribution >= 4 is 10.1 Å². The van der Waals surface area contributed by atoms with Gasteiger partial charge in [-0.25, -0.2) is 4.39 Å². The summed E-state index contributed by atoms with van der Waals surface area (Å²) in [6.07, 6.45) is 0.937. The molecule has 0 bridgehead atoms. The molecule has 0 aliphatic carbocycles. The Morgan fingerprint density at radius 2 is 2.08 bits per heavy atom. The van der Waals surface area contributed by atoms with Crippen LogP contribution in [0.15, 0.2) is 16.5 Å². The van der Waals surface area contributed by atoms with Gasteiger partial charge in [0.25, 0.3) is 10.1 Å². The van der Waals surface area contributed by atoms with Gasteiger partial charge in [-0.05, 0) is 12.1 Å². The molecule has 1 aromatic rings. The average Bonchev–Trinajstić information content (AvgIpc) is 2.47. The van der Waals surface area contributed by atoms with E-state index in [2.05, 4.69) is 4.18 Å². The highest BCUT2D eigenvalue weighted by molar-refractivity contribution is 7.85. The minimum absolute atomic E-state index is 0.159. The molecule has 0 unspecified atom stereocenters. The molecule has 0 amide bonds. The third kappa shape index (κ3) is 3.56. The van der Waals surface area contributed by atoms with Crippen LogP contribution in [0, 0.1) is 0 Å². The summed E-state index contributed by atoms with van der Waals surface area (Å²) in [5, 5.41) is 0. The quantitative estimate of drug-likeness (QED) is 0.698. The number of hydrogen-bond acceptors (Lipinski definition) is 4. The summed E-state index contributed by atoms with van der Waals surface area (Å²) in [6, 6.07) is 2.90. The van der Waals surface area contributed by atoms with Gasteiger partial charge < -0.3 is 4.42 Å². The highest BCUT2D eigenvalue weighted by Crippen LogP contribution is 2.10. The van der Waals surface area contributed by atoms with E-state index in [0.717, 1.165) is 6.26 Å². The second-order valence-electron chi connectivity index (χ2n) is 2.47. The number of rotatable bonds is 4. The van der Waals surface area contributed by atoms with Crippen molar-refractivity contribution in [1.82, 2.24) is 0 Å². The lowest BCUT2D eigenvalue weighted by Gasteiger charge is -1.96. The molecular weight excluding hydrogens is 199 g/mol. The van der Waals surface area contributed by atoms with Crippen LogP contribution < -0.4 is 0 Å². The van der Waals surface area contributed by atoms with Crippen molar-refractivity contribution in [2.75, 3.05) is 6.26 Å². The molecular formula is C7H9FO4S. The number of hydrogen-bond donors (Lipinski definition) is 0. The van der Waals surface area contributed by atoms with E-state index in [1.54, 1.807) is 0 Å². The fourth-order valence-electron chi connectivity index (χ4n) is 0.737. The van der Waals surface area contributed by atoms with Crippen LogP contribution in [-0.4, -0.2) is 14.7 Å². The van der Waals surface area contributed by atoms with E-state index in [0.29, 0.717) is 0 Å². The first-order valence-corrected chi connectivity index (χ1v) is 5.31. The predicted octanol–water partition coefficient (Wildman–Crippen LogP) is 1.23. The molecule has 0 aromatic carbocycles. The van der Waals surface area contributed by atoms with E-state index in [4.69, 9.17) is 4.42 Å². The summed E-state index contributed by atoms with van der Waals surface area (Å²) < 4.78 is 42.3. The third-order valence-electron chi connectivity index (χ3n) is 1.26. The molecule has 1 rings (SSSR count). The van der Waals surface area contributed by atoms with Gasteiger partial charge in [0.05, 0.1) is 6.26 Å². The lowest BCUT2D eigenvalue weighted by Crippen LogP contribution is -2.01. The largest absolute Gasteiger partial charge is 0.461 e. The molecule has 0 saturated carbocycles. The fourth-order valence-corrected chi connectivity index (χ4v) is 1.07. The molecule has 1 heterocycles. The van der Waals surface area contributed by atoms with Crippen molar-refractivity contribution in [3.63, 3.8) is 0 Å². The van der Waals surface area contributed by atoms with Gasteiger partial charge in [0.2, 0.25) is 0 Å². The van der Waals surface area contributed by atoms with E-state index in [1.807, 2.05) is 0 Å². The van der Waals surface area contributed by atoms with Gasteiger partial charge in [-0.15, -0.1) is 0 Å². The van der Waals surface area contributed by atoms with E-state index in [9.17, 15) is 12.8 Å². The lowest BCUT2D eigenvalue weighted by molar-refractivity contribution is 0.266. The molecule has 0 N–H and O–H groups in total. The zero-order valence-corrected chi connectivity index (χ0v) is 7.80. The molecule has 0 aliphatic heterocycles. The smallest absolute Gasteiger partial charge is 0.264 e. The predicted molar refractivity (Wildman–Crippen MR) is 43.2 cm³/mol. The highest BCUT2D eigenvalue weighted by Gasteiger charge is 2.06. The Morgan fingerprint density at radius 1 is 1.46 bits per heavy atom. The number of furan rings is 1. The molecule has 13 heavy (non-hydrogen) atoms. The first-order valence-electron chi connectivity index (χ1n) is 3.49. The second-order valence-corrected chi connectivity index (χ2v) is 4.11. The van der Waals surface area contributed by atoms with Crippen LogP contribution in [0.25, 0.3) is 0 Å². The average molecular weight is 208 g/mol. The number of halogens is 1. The Morgan fingerprint density at radius 3 is 2.54 bits per heavy atom.